The summed E-state index contributed by atoms with van der Waals surface area (Å²) in [6, 6.07) is 0.479. The molecule has 1 fully saturated rings. The van der Waals surface area contributed by atoms with Gasteiger partial charge in [0.25, 0.3) is 0 Å². The SMILES string of the molecule is CC(C)(C)CCC[C@@H](N)C1CCCCC1. The zero-order valence-electron chi connectivity index (χ0n) is 10.9. The number of nitrogens with two attached hydrogens (primary N) is 1. The lowest BCUT2D eigenvalue weighted by Crippen LogP contribution is -2.31. The third-order valence-corrected chi connectivity index (χ3v) is 3.72. The highest BCUT2D eigenvalue weighted by Gasteiger charge is 2.20. The molecule has 1 saturated carbocycles. The Morgan fingerprint density at radius 3 is 2.27 bits per heavy atom. The van der Waals surface area contributed by atoms with Gasteiger partial charge in [-0.05, 0) is 37.0 Å². The summed E-state index contributed by atoms with van der Waals surface area (Å²) < 4.78 is 0. The minimum absolute atomic E-state index is 0.478. The molecule has 0 spiro atoms. The van der Waals surface area contributed by atoms with E-state index in [-0.39, 0.29) is 0 Å². The Morgan fingerprint density at radius 1 is 1.13 bits per heavy atom. The summed E-state index contributed by atoms with van der Waals surface area (Å²) in [6.45, 7) is 6.96. The van der Waals surface area contributed by atoms with Crippen LogP contribution < -0.4 is 5.73 Å². The van der Waals surface area contributed by atoms with E-state index in [0.29, 0.717) is 11.5 Å². The van der Waals surface area contributed by atoms with E-state index in [1.807, 2.05) is 0 Å². The molecule has 15 heavy (non-hydrogen) atoms. The molecule has 0 aliphatic heterocycles. The highest BCUT2D eigenvalue weighted by atomic mass is 14.6. The summed E-state index contributed by atoms with van der Waals surface area (Å²) in [5.41, 5.74) is 6.76. The van der Waals surface area contributed by atoms with Gasteiger partial charge in [0.2, 0.25) is 0 Å². The molecule has 1 rings (SSSR count). The van der Waals surface area contributed by atoms with Crippen LogP contribution in [0.4, 0.5) is 0 Å². The van der Waals surface area contributed by atoms with Crippen molar-refractivity contribution in [2.24, 2.45) is 17.1 Å². The van der Waals surface area contributed by atoms with Crippen molar-refractivity contribution in [3.05, 3.63) is 0 Å². The quantitative estimate of drug-likeness (QED) is 0.744. The lowest BCUT2D eigenvalue weighted by molar-refractivity contribution is 0.276. The lowest BCUT2D eigenvalue weighted by atomic mass is 9.81. The topological polar surface area (TPSA) is 26.0 Å². The van der Waals surface area contributed by atoms with Crippen LogP contribution in [-0.4, -0.2) is 6.04 Å². The molecule has 1 atom stereocenters. The van der Waals surface area contributed by atoms with Crippen LogP contribution in [0.5, 0.6) is 0 Å². The average molecular weight is 211 g/mol. The first kappa shape index (κ1) is 13.0. The third-order valence-electron chi connectivity index (χ3n) is 3.72. The minimum atomic E-state index is 0.478. The fourth-order valence-corrected chi connectivity index (χ4v) is 2.67. The van der Waals surface area contributed by atoms with Gasteiger partial charge in [0.15, 0.2) is 0 Å². The molecule has 0 amide bonds. The van der Waals surface area contributed by atoms with Crippen LogP contribution in [0.25, 0.3) is 0 Å². The Balaban J connectivity index is 2.14. The molecule has 1 nitrogen and oxygen atoms in total. The van der Waals surface area contributed by atoms with E-state index in [2.05, 4.69) is 20.8 Å². The van der Waals surface area contributed by atoms with Crippen LogP contribution in [0, 0.1) is 11.3 Å². The predicted molar refractivity (Wildman–Crippen MR) is 67.9 cm³/mol. The van der Waals surface area contributed by atoms with E-state index in [1.165, 1.54) is 51.4 Å². The molecule has 0 heterocycles. The van der Waals surface area contributed by atoms with E-state index in [9.17, 15) is 0 Å². The molecule has 0 unspecified atom stereocenters. The van der Waals surface area contributed by atoms with Crippen LogP contribution >= 0.6 is 0 Å². The summed E-state index contributed by atoms with van der Waals surface area (Å²) >= 11 is 0. The lowest BCUT2D eigenvalue weighted by Gasteiger charge is -2.28. The van der Waals surface area contributed by atoms with Crippen molar-refractivity contribution in [1.82, 2.24) is 0 Å². The maximum absolute atomic E-state index is 6.28. The van der Waals surface area contributed by atoms with Crippen molar-refractivity contribution in [1.29, 1.82) is 0 Å². The molecule has 0 aromatic carbocycles. The van der Waals surface area contributed by atoms with Crippen molar-refractivity contribution in [2.45, 2.75) is 78.2 Å². The van der Waals surface area contributed by atoms with E-state index in [0.717, 1.165) is 5.92 Å². The normalized spacial score (nSPS) is 21.6. The second kappa shape index (κ2) is 5.89. The average Bonchev–Trinajstić information content (AvgIpc) is 2.17. The van der Waals surface area contributed by atoms with Gasteiger partial charge in [0.05, 0.1) is 0 Å². The molecule has 1 aliphatic carbocycles. The number of hydrogen-bond donors (Lipinski definition) is 1. The Hall–Kier alpha value is -0.0400. The van der Waals surface area contributed by atoms with Crippen molar-refractivity contribution in [3.63, 3.8) is 0 Å². The van der Waals surface area contributed by atoms with Gasteiger partial charge in [-0.3, -0.25) is 0 Å². The molecule has 0 saturated heterocycles. The second-order valence-electron chi connectivity index (χ2n) is 6.51. The molecule has 90 valence electrons. The zero-order chi connectivity index (χ0) is 11.3. The van der Waals surface area contributed by atoms with E-state index >= 15 is 0 Å². The van der Waals surface area contributed by atoms with E-state index in [4.69, 9.17) is 5.73 Å². The van der Waals surface area contributed by atoms with E-state index < -0.39 is 0 Å². The maximum Gasteiger partial charge on any atom is 0.00671 e. The van der Waals surface area contributed by atoms with Gasteiger partial charge in [-0.2, -0.15) is 0 Å². The molecular formula is C14H29N. The molecule has 2 N–H and O–H groups in total. The Bertz CT molecular complexity index is 163. The Morgan fingerprint density at radius 2 is 1.73 bits per heavy atom. The summed E-state index contributed by atoms with van der Waals surface area (Å²) in [4.78, 5) is 0. The first-order valence-electron chi connectivity index (χ1n) is 6.74. The molecule has 1 heteroatoms. The molecule has 0 aromatic heterocycles. The minimum Gasteiger partial charge on any atom is -0.327 e. The van der Waals surface area contributed by atoms with Crippen LogP contribution in [0.1, 0.15) is 72.1 Å². The Labute approximate surface area is 95.8 Å². The molecular weight excluding hydrogens is 182 g/mol. The first-order valence-corrected chi connectivity index (χ1v) is 6.74. The fourth-order valence-electron chi connectivity index (χ4n) is 2.67. The zero-order valence-corrected chi connectivity index (χ0v) is 10.9. The van der Waals surface area contributed by atoms with Crippen LogP contribution in [0.2, 0.25) is 0 Å². The van der Waals surface area contributed by atoms with Gasteiger partial charge in [-0.1, -0.05) is 46.5 Å². The predicted octanol–water partition coefficient (Wildman–Crippen LogP) is 4.11. The van der Waals surface area contributed by atoms with Gasteiger partial charge in [0.1, 0.15) is 0 Å². The standard InChI is InChI=1S/C14H29N/c1-14(2,3)11-7-10-13(15)12-8-5-4-6-9-12/h12-13H,4-11,15H2,1-3H3/t13-/m1/s1. The Kier molecular flexibility index (Phi) is 5.11. The van der Waals surface area contributed by atoms with Crippen LogP contribution in [-0.2, 0) is 0 Å². The van der Waals surface area contributed by atoms with Gasteiger partial charge in [0, 0.05) is 6.04 Å². The van der Waals surface area contributed by atoms with Gasteiger partial charge in [-0.15, -0.1) is 0 Å². The first-order chi connectivity index (χ1) is 6.99. The highest BCUT2D eigenvalue weighted by Crippen LogP contribution is 2.29. The monoisotopic (exact) mass is 211 g/mol. The summed E-state index contributed by atoms with van der Waals surface area (Å²) in [6.07, 6.45) is 10.9. The van der Waals surface area contributed by atoms with Crippen molar-refractivity contribution in [3.8, 4) is 0 Å². The van der Waals surface area contributed by atoms with Crippen molar-refractivity contribution in [2.75, 3.05) is 0 Å². The van der Waals surface area contributed by atoms with Crippen molar-refractivity contribution >= 4 is 0 Å². The van der Waals surface area contributed by atoms with E-state index in [1.54, 1.807) is 0 Å². The highest BCUT2D eigenvalue weighted by molar-refractivity contribution is 4.77. The second-order valence-corrected chi connectivity index (χ2v) is 6.51. The van der Waals surface area contributed by atoms with Crippen LogP contribution in [0.15, 0.2) is 0 Å². The maximum atomic E-state index is 6.28. The molecule has 1 aliphatic rings. The smallest absolute Gasteiger partial charge is 0.00671 e. The molecule has 0 bridgehead atoms. The fraction of sp³-hybridized carbons (Fsp3) is 1.00. The van der Waals surface area contributed by atoms with Gasteiger partial charge < -0.3 is 5.73 Å². The summed E-state index contributed by atoms with van der Waals surface area (Å²) in [5.74, 6) is 0.832. The van der Waals surface area contributed by atoms with Crippen LogP contribution in [0.3, 0.4) is 0 Å². The third kappa shape index (κ3) is 5.55. The summed E-state index contributed by atoms with van der Waals surface area (Å²) in [7, 11) is 0. The van der Waals surface area contributed by atoms with Crippen molar-refractivity contribution < 1.29 is 0 Å². The molecule has 0 radical (unpaired) electrons. The molecule has 0 aromatic rings. The largest absolute Gasteiger partial charge is 0.327 e. The number of hydrogen-bond acceptors (Lipinski definition) is 1. The van der Waals surface area contributed by atoms with Gasteiger partial charge >= 0.3 is 0 Å². The van der Waals surface area contributed by atoms with Gasteiger partial charge in [-0.25, -0.2) is 0 Å². The number of rotatable bonds is 4. The summed E-state index contributed by atoms with van der Waals surface area (Å²) in [5, 5.41) is 0.